The van der Waals surface area contributed by atoms with Crippen molar-refractivity contribution in [2.45, 2.75) is 12.6 Å². The van der Waals surface area contributed by atoms with Crippen molar-refractivity contribution in [1.29, 1.82) is 5.41 Å². The van der Waals surface area contributed by atoms with Gasteiger partial charge in [-0.3, -0.25) is 4.79 Å². The average Bonchev–Trinajstić information content (AvgIpc) is 2.79. The number of aromatic nitrogens is 2. The summed E-state index contributed by atoms with van der Waals surface area (Å²) in [6.07, 6.45) is -1.86. The first-order valence-electron chi connectivity index (χ1n) is 9.69. The molecule has 1 heterocycles. The van der Waals surface area contributed by atoms with E-state index in [0.717, 1.165) is 29.1 Å². The van der Waals surface area contributed by atoms with Gasteiger partial charge in [-0.25, -0.2) is 9.67 Å². The molecule has 0 saturated carbocycles. The Bertz CT molecular complexity index is 1370. The molecule has 32 heavy (non-hydrogen) atoms. The van der Waals surface area contributed by atoms with Gasteiger partial charge in [0.2, 0.25) is 5.43 Å². The van der Waals surface area contributed by atoms with Gasteiger partial charge >= 0.3 is 6.18 Å². The van der Waals surface area contributed by atoms with Crippen LogP contribution < -0.4 is 5.43 Å². The molecule has 3 aromatic carbocycles. The molecule has 0 aliphatic rings. The van der Waals surface area contributed by atoms with Gasteiger partial charge in [-0.05, 0) is 35.7 Å². The van der Waals surface area contributed by atoms with Crippen LogP contribution in [0.3, 0.4) is 0 Å². The molecule has 0 amide bonds. The van der Waals surface area contributed by atoms with Crippen LogP contribution in [0.4, 0.5) is 18.9 Å². The van der Waals surface area contributed by atoms with Gasteiger partial charge in [0.25, 0.3) is 0 Å². The quantitative estimate of drug-likeness (QED) is 0.418. The zero-order chi connectivity index (χ0) is 22.7. The van der Waals surface area contributed by atoms with Crippen LogP contribution in [0.2, 0.25) is 0 Å². The zero-order valence-electron chi connectivity index (χ0n) is 16.7. The Kier molecular flexibility index (Phi) is 5.68. The molecule has 0 atom stereocenters. The molecule has 0 bridgehead atoms. The summed E-state index contributed by atoms with van der Waals surface area (Å²) in [6.45, 7) is 0. The van der Waals surface area contributed by atoms with E-state index in [-0.39, 0.29) is 12.1 Å². The lowest BCUT2D eigenvalue weighted by Crippen LogP contribution is -2.21. The number of nitrogens with zero attached hydrogens (tertiary/aromatic N) is 3. The molecule has 4 aromatic rings. The van der Waals surface area contributed by atoms with Crippen LogP contribution in [-0.4, -0.2) is 21.7 Å². The fraction of sp³-hybridized carbons (Fsp3) is 0.0833. The van der Waals surface area contributed by atoms with Crippen molar-refractivity contribution >= 4 is 28.4 Å². The predicted molar refractivity (Wildman–Crippen MR) is 118 cm³/mol. The number of fused-ring (bicyclic) bond motifs is 1. The van der Waals surface area contributed by atoms with Crippen molar-refractivity contribution in [2.75, 3.05) is 0 Å². The Hall–Kier alpha value is -4.07. The second-order valence-electron chi connectivity index (χ2n) is 6.98. The summed E-state index contributed by atoms with van der Waals surface area (Å²) in [7, 11) is 0. The summed E-state index contributed by atoms with van der Waals surface area (Å²) in [5, 5.41) is 13.7. The second-order valence-corrected chi connectivity index (χ2v) is 6.98. The molecule has 4 rings (SSSR count). The molecule has 160 valence electrons. The van der Waals surface area contributed by atoms with Gasteiger partial charge in [-0.15, -0.1) is 0 Å². The molecule has 8 heteroatoms. The Morgan fingerprint density at radius 3 is 2.44 bits per heavy atom. The molecule has 1 N–H and O–H groups in total. The minimum absolute atomic E-state index is 0.0313. The molecular weight excluding hydrogens is 417 g/mol. The summed E-state index contributed by atoms with van der Waals surface area (Å²) in [4.78, 5) is 17.2. The average molecular weight is 434 g/mol. The molecule has 1 aromatic heterocycles. The number of hydrogen-bond donors (Lipinski definition) is 1. The van der Waals surface area contributed by atoms with Gasteiger partial charge in [0.15, 0.2) is 5.69 Å². The van der Waals surface area contributed by atoms with Crippen molar-refractivity contribution < 1.29 is 13.2 Å². The summed E-state index contributed by atoms with van der Waals surface area (Å²) in [5.74, 6) is 0. The maximum atomic E-state index is 12.8. The second kappa shape index (κ2) is 8.58. The van der Waals surface area contributed by atoms with Gasteiger partial charge in [0.1, 0.15) is 0 Å². The van der Waals surface area contributed by atoms with Gasteiger partial charge in [0, 0.05) is 30.3 Å². The lowest BCUT2D eigenvalue weighted by Gasteiger charge is -2.11. The first-order valence-corrected chi connectivity index (χ1v) is 9.69. The molecule has 5 nitrogen and oxygen atoms in total. The zero-order valence-corrected chi connectivity index (χ0v) is 16.7. The molecule has 0 saturated heterocycles. The van der Waals surface area contributed by atoms with Crippen molar-refractivity contribution in [3.63, 3.8) is 0 Å². The summed E-state index contributed by atoms with van der Waals surface area (Å²) in [6, 6.07) is 19.0. The molecule has 0 radical (unpaired) electrons. The van der Waals surface area contributed by atoms with Crippen LogP contribution in [0.5, 0.6) is 0 Å². The first-order chi connectivity index (χ1) is 15.4. The smallest absolute Gasteiger partial charge is 0.313 e. The maximum absolute atomic E-state index is 12.8. The largest absolute Gasteiger partial charge is 0.416 e. The van der Waals surface area contributed by atoms with Gasteiger partial charge in [0.05, 0.1) is 22.6 Å². The molecule has 0 unspecified atom stereocenters. The number of alkyl halides is 3. The van der Waals surface area contributed by atoms with E-state index in [9.17, 15) is 18.0 Å². The highest BCUT2D eigenvalue weighted by Crippen LogP contribution is 2.29. The number of halogens is 3. The third-order valence-electron chi connectivity index (χ3n) is 4.86. The van der Waals surface area contributed by atoms with Gasteiger partial charge in [-0.2, -0.15) is 18.3 Å². The van der Waals surface area contributed by atoms with E-state index in [4.69, 9.17) is 5.41 Å². The van der Waals surface area contributed by atoms with Crippen LogP contribution in [0.15, 0.2) is 88.8 Å². The summed E-state index contributed by atoms with van der Waals surface area (Å²) in [5.41, 5.74) is 0.148. The number of benzene rings is 3. The highest BCUT2D eigenvalue weighted by Gasteiger charge is 2.30. The minimum Gasteiger partial charge on any atom is -0.313 e. The predicted octanol–water partition coefficient (Wildman–Crippen LogP) is 5.56. The lowest BCUT2D eigenvalue weighted by atomic mass is 10.1. The van der Waals surface area contributed by atoms with Crippen molar-refractivity contribution in [3.8, 4) is 5.69 Å². The van der Waals surface area contributed by atoms with Crippen LogP contribution in [0.25, 0.3) is 16.5 Å². The number of aliphatic imine (C=N–C) groups is 1. The fourth-order valence-corrected chi connectivity index (χ4v) is 3.30. The molecule has 0 spiro atoms. The van der Waals surface area contributed by atoms with Crippen LogP contribution in [0, 0.1) is 5.41 Å². The molecule has 0 fully saturated rings. The van der Waals surface area contributed by atoms with Crippen LogP contribution in [-0.2, 0) is 6.18 Å². The Morgan fingerprint density at radius 1 is 1.00 bits per heavy atom. The maximum Gasteiger partial charge on any atom is 0.416 e. The number of rotatable bonds is 5. The normalized spacial score (nSPS) is 12.2. The molecule has 0 aliphatic carbocycles. The fourth-order valence-electron chi connectivity index (χ4n) is 3.30. The third-order valence-corrected chi connectivity index (χ3v) is 4.86. The van der Waals surface area contributed by atoms with Crippen LogP contribution >= 0.6 is 0 Å². The summed E-state index contributed by atoms with van der Waals surface area (Å²) < 4.78 is 39.9. The van der Waals surface area contributed by atoms with Crippen LogP contribution in [0.1, 0.15) is 17.7 Å². The van der Waals surface area contributed by atoms with Crippen molar-refractivity contribution in [3.05, 3.63) is 100 Å². The Labute approximate surface area is 181 Å². The van der Waals surface area contributed by atoms with E-state index in [1.165, 1.54) is 29.1 Å². The van der Waals surface area contributed by atoms with Gasteiger partial charge < -0.3 is 5.41 Å². The SMILES string of the molecule is N=CCC(=Nc1cccc2ccccc12)c1nn(-c2ccc(C(F)(F)F)cc2)ccc1=O. The van der Waals surface area contributed by atoms with Crippen molar-refractivity contribution in [2.24, 2.45) is 4.99 Å². The monoisotopic (exact) mass is 434 g/mol. The topological polar surface area (TPSA) is 71.1 Å². The highest BCUT2D eigenvalue weighted by molar-refractivity contribution is 6.08. The summed E-state index contributed by atoms with van der Waals surface area (Å²) >= 11 is 0. The van der Waals surface area contributed by atoms with E-state index in [1.807, 2.05) is 42.5 Å². The lowest BCUT2D eigenvalue weighted by molar-refractivity contribution is -0.137. The molecule has 0 aliphatic heterocycles. The minimum atomic E-state index is -4.44. The Balaban J connectivity index is 1.80. The van der Waals surface area contributed by atoms with E-state index in [1.54, 1.807) is 0 Å². The number of hydrogen-bond acceptors (Lipinski definition) is 4. The highest BCUT2D eigenvalue weighted by atomic mass is 19.4. The van der Waals surface area contributed by atoms with Gasteiger partial charge in [-0.1, -0.05) is 36.4 Å². The van der Waals surface area contributed by atoms with E-state index in [2.05, 4.69) is 10.1 Å². The third kappa shape index (κ3) is 4.34. The van der Waals surface area contributed by atoms with Crippen molar-refractivity contribution in [1.82, 2.24) is 9.78 Å². The van der Waals surface area contributed by atoms with E-state index < -0.39 is 17.2 Å². The number of nitrogens with one attached hydrogen (secondary N) is 1. The Morgan fingerprint density at radius 2 is 1.72 bits per heavy atom. The van der Waals surface area contributed by atoms with E-state index >= 15 is 0 Å². The van der Waals surface area contributed by atoms with E-state index in [0.29, 0.717) is 17.1 Å². The first kappa shape index (κ1) is 21.2. The molecular formula is C24H17F3N4O. The standard InChI is InChI=1S/C24H17F3N4O/c25-24(26,27)17-8-10-18(11-9-17)31-15-13-22(32)23(30-31)21(12-14-28)29-20-7-3-5-16-4-1-2-6-19(16)20/h1-11,13-15,28H,12H2.